The molecule has 0 fully saturated rings. The summed E-state index contributed by atoms with van der Waals surface area (Å²) in [6.45, 7) is -0.126. The number of nitrogens with zero attached hydrogens (tertiary/aromatic N) is 2. The van der Waals surface area contributed by atoms with Gasteiger partial charge < -0.3 is 10.1 Å². The number of hydrogen-bond donors (Lipinski definition) is 1. The number of hydrogen-bond acceptors (Lipinski definition) is 3. The third-order valence-corrected chi connectivity index (χ3v) is 3.75. The Morgan fingerprint density at radius 1 is 1.42 bits per heavy atom. The van der Waals surface area contributed by atoms with E-state index in [9.17, 15) is 18.0 Å². The van der Waals surface area contributed by atoms with Gasteiger partial charge in [-0.15, -0.1) is 0 Å². The van der Waals surface area contributed by atoms with Crippen molar-refractivity contribution in [2.75, 3.05) is 6.61 Å². The summed E-state index contributed by atoms with van der Waals surface area (Å²) < 4.78 is 44.6. The van der Waals surface area contributed by atoms with E-state index in [1.165, 1.54) is 24.4 Å². The predicted molar refractivity (Wildman–Crippen MR) is 79.6 cm³/mol. The smallest absolute Gasteiger partial charge is 0.272 e. The number of fused-ring (bicyclic) bond motifs is 1. The van der Waals surface area contributed by atoms with E-state index in [0.29, 0.717) is 30.8 Å². The summed E-state index contributed by atoms with van der Waals surface area (Å²) in [5.41, 5.74) is 0.749. The zero-order valence-corrected chi connectivity index (χ0v) is 12.7. The fourth-order valence-electron chi connectivity index (χ4n) is 2.65. The Bertz CT molecular complexity index is 733. The summed E-state index contributed by atoms with van der Waals surface area (Å²) in [6.07, 6.45) is 0.116. The van der Waals surface area contributed by atoms with E-state index in [1.54, 1.807) is 6.07 Å². The van der Waals surface area contributed by atoms with E-state index in [4.69, 9.17) is 4.74 Å². The standard InChI is InChI=1S/C16H16F3N3O2/c17-10-3-4-11-12(2-1-7-24-14(11)8-10)20-16(23)13-5-6-22(21-13)9-15(18)19/h3-6,8,12,15H,1-2,7,9H2,(H,20,23)/t12-/m0/s1. The summed E-state index contributed by atoms with van der Waals surface area (Å²) in [5.74, 6) is -0.474. The Labute approximate surface area is 136 Å². The van der Waals surface area contributed by atoms with E-state index in [0.717, 1.165) is 4.68 Å². The number of carbonyl (C=O) groups excluding carboxylic acids is 1. The van der Waals surface area contributed by atoms with E-state index < -0.39 is 24.7 Å². The first kappa shape index (κ1) is 16.4. The quantitative estimate of drug-likeness (QED) is 0.932. The van der Waals surface area contributed by atoms with Crippen LogP contribution >= 0.6 is 0 Å². The van der Waals surface area contributed by atoms with Crippen molar-refractivity contribution < 1.29 is 22.7 Å². The van der Waals surface area contributed by atoms with Crippen molar-refractivity contribution in [2.45, 2.75) is 31.9 Å². The summed E-state index contributed by atoms with van der Waals surface area (Å²) in [6, 6.07) is 5.21. The van der Waals surface area contributed by atoms with Crippen molar-refractivity contribution in [3.05, 3.63) is 47.5 Å². The van der Waals surface area contributed by atoms with Crippen LogP contribution in [0, 0.1) is 5.82 Å². The summed E-state index contributed by atoms with van der Waals surface area (Å²) >= 11 is 0. The largest absolute Gasteiger partial charge is 0.493 e. The zero-order valence-electron chi connectivity index (χ0n) is 12.7. The molecule has 1 aliphatic heterocycles. The Balaban J connectivity index is 1.75. The van der Waals surface area contributed by atoms with Crippen LogP contribution in [-0.2, 0) is 6.54 Å². The van der Waals surface area contributed by atoms with Gasteiger partial charge in [-0.2, -0.15) is 5.10 Å². The third-order valence-electron chi connectivity index (χ3n) is 3.75. The lowest BCUT2D eigenvalue weighted by Crippen LogP contribution is -2.29. The molecule has 0 saturated heterocycles. The monoisotopic (exact) mass is 339 g/mol. The van der Waals surface area contributed by atoms with Crippen LogP contribution in [0.2, 0.25) is 0 Å². The molecular weight excluding hydrogens is 323 g/mol. The number of rotatable bonds is 4. The normalized spacial score (nSPS) is 17.1. The first-order valence-corrected chi connectivity index (χ1v) is 7.57. The van der Waals surface area contributed by atoms with Crippen LogP contribution in [0.4, 0.5) is 13.2 Å². The number of aromatic nitrogens is 2. The molecule has 1 atom stereocenters. The minimum Gasteiger partial charge on any atom is -0.493 e. The minimum absolute atomic E-state index is 0.0597. The van der Waals surface area contributed by atoms with Crippen molar-refractivity contribution in [1.82, 2.24) is 15.1 Å². The molecule has 24 heavy (non-hydrogen) atoms. The molecule has 1 aromatic carbocycles. The van der Waals surface area contributed by atoms with Gasteiger partial charge in [0.25, 0.3) is 12.3 Å². The number of ether oxygens (including phenoxy) is 1. The molecule has 8 heteroatoms. The van der Waals surface area contributed by atoms with Gasteiger partial charge in [-0.3, -0.25) is 9.48 Å². The molecule has 2 aromatic rings. The van der Waals surface area contributed by atoms with Gasteiger partial charge in [0.1, 0.15) is 23.8 Å². The fraction of sp³-hybridized carbons (Fsp3) is 0.375. The van der Waals surface area contributed by atoms with Crippen molar-refractivity contribution in [3.8, 4) is 5.75 Å². The van der Waals surface area contributed by atoms with Gasteiger partial charge in [-0.1, -0.05) is 6.07 Å². The lowest BCUT2D eigenvalue weighted by atomic mass is 10.0. The molecule has 0 aliphatic carbocycles. The lowest BCUT2D eigenvalue weighted by molar-refractivity contribution is 0.0924. The molecule has 0 saturated carbocycles. The minimum atomic E-state index is -2.54. The second-order valence-corrected chi connectivity index (χ2v) is 5.51. The van der Waals surface area contributed by atoms with E-state index in [-0.39, 0.29) is 11.7 Å². The number of halogens is 3. The fourth-order valence-corrected chi connectivity index (χ4v) is 2.65. The Morgan fingerprint density at radius 3 is 3.04 bits per heavy atom. The molecular formula is C16H16F3N3O2. The zero-order chi connectivity index (χ0) is 17.1. The first-order valence-electron chi connectivity index (χ1n) is 7.57. The lowest BCUT2D eigenvalue weighted by Gasteiger charge is -2.17. The molecule has 1 aliphatic rings. The van der Waals surface area contributed by atoms with Gasteiger partial charge in [-0.05, 0) is 25.0 Å². The van der Waals surface area contributed by atoms with Crippen LogP contribution in [0.5, 0.6) is 5.75 Å². The molecule has 0 radical (unpaired) electrons. The highest BCUT2D eigenvalue weighted by Gasteiger charge is 2.23. The highest BCUT2D eigenvalue weighted by Crippen LogP contribution is 2.32. The SMILES string of the molecule is O=C(N[C@H]1CCCOc2cc(F)ccc21)c1ccn(CC(F)F)n1. The van der Waals surface area contributed by atoms with Crippen molar-refractivity contribution in [2.24, 2.45) is 0 Å². The molecule has 0 bridgehead atoms. The van der Waals surface area contributed by atoms with Crippen molar-refractivity contribution >= 4 is 5.91 Å². The maximum absolute atomic E-state index is 13.3. The molecule has 1 N–H and O–H groups in total. The molecule has 5 nitrogen and oxygen atoms in total. The topological polar surface area (TPSA) is 56.1 Å². The van der Waals surface area contributed by atoms with Crippen LogP contribution in [0.25, 0.3) is 0 Å². The molecule has 3 rings (SSSR count). The second kappa shape index (κ2) is 6.94. The number of benzene rings is 1. The maximum atomic E-state index is 13.3. The van der Waals surface area contributed by atoms with Crippen molar-refractivity contribution in [1.29, 1.82) is 0 Å². The predicted octanol–water partition coefficient (Wildman–Crippen LogP) is 2.93. The first-order chi connectivity index (χ1) is 11.5. The van der Waals surface area contributed by atoms with Gasteiger partial charge in [0.15, 0.2) is 0 Å². The highest BCUT2D eigenvalue weighted by atomic mass is 19.3. The third kappa shape index (κ3) is 3.69. The van der Waals surface area contributed by atoms with E-state index >= 15 is 0 Å². The van der Waals surface area contributed by atoms with Gasteiger partial charge in [0.2, 0.25) is 0 Å². The Morgan fingerprint density at radius 2 is 2.25 bits per heavy atom. The second-order valence-electron chi connectivity index (χ2n) is 5.51. The molecule has 128 valence electrons. The average molecular weight is 339 g/mol. The van der Waals surface area contributed by atoms with Crippen molar-refractivity contribution in [3.63, 3.8) is 0 Å². The molecule has 1 aromatic heterocycles. The van der Waals surface area contributed by atoms with E-state index in [1.807, 2.05) is 0 Å². The molecule has 1 amide bonds. The highest BCUT2D eigenvalue weighted by molar-refractivity contribution is 5.92. The number of alkyl halides is 2. The number of amides is 1. The van der Waals surface area contributed by atoms with Gasteiger partial charge >= 0.3 is 0 Å². The van der Waals surface area contributed by atoms with Crippen LogP contribution < -0.4 is 10.1 Å². The van der Waals surface area contributed by atoms with Crippen LogP contribution in [-0.4, -0.2) is 28.7 Å². The average Bonchev–Trinajstić information content (AvgIpc) is 2.89. The Kier molecular flexibility index (Phi) is 4.73. The molecule has 0 unspecified atom stereocenters. The van der Waals surface area contributed by atoms with Gasteiger partial charge in [0, 0.05) is 17.8 Å². The number of nitrogens with one attached hydrogen (secondary N) is 1. The summed E-state index contributed by atoms with van der Waals surface area (Å²) in [4.78, 5) is 12.3. The molecule has 0 spiro atoms. The summed E-state index contributed by atoms with van der Waals surface area (Å²) in [5, 5.41) is 6.66. The van der Waals surface area contributed by atoms with Gasteiger partial charge in [-0.25, -0.2) is 13.2 Å². The molecule has 2 heterocycles. The van der Waals surface area contributed by atoms with Gasteiger partial charge in [0.05, 0.1) is 12.6 Å². The number of carbonyl (C=O) groups is 1. The van der Waals surface area contributed by atoms with E-state index in [2.05, 4.69) is 10.4 Å². The summed E-state index contributed by atoms with van der Waals surface area (Å²) in [7, 11) is 0. The maximum Gasteiger partial charge on any atom is 0.272 e. The Hall–Kier alpha value is -2.51. The van der Waals surface area contributed by atoms with Crippen LogP contribution in [0.1, 0.15) is 34.9 Å². The van der Waals surface area contributed by atoms with Crippen LogP contribution in [0.3, 0.4) is 0 Å². The van der Waals surface area contributed by atoms with Crippen LogP contribution in [0.15, 0.2) is 30.5 Å².